The number of piperidine rings is 1. The van der Waals surface area contributed by atoms with E-state index in [4.69, 9.17) is 0 Å². The molecule has 24 heavy (non-hydrogen) atoms. The number of alkyl halides is 3. The van der Waals surface area contributed by atoms with Crippen molar-refractivity contribution in [1.82, 2.24) is 10.2 Å². The van der Waals surface area contributed by atoms with E-state index in [9.17, 15) is 18.0 Å². The molecule has 3 nitrogen and oxygen atoms in total. The number of halogens is 4. The molecule has 1 aliphatic heterocycles. The highest BCUT2D eigenvalue weighted by Crippen LogP contribution is 2.59. The van der Waals surface area contributed by atoms with Gasteiger partial charge >= 0.3 is 6.18 Å². The van der Waals surface area contributed by atoms with Gasteiger partial charge in [-0.2, -0.15) is 13.2 Å². The lowest BCUT2D eigenvalue weighted by atomic mass is 9.91. The van der Waals surface area contributed by atoms with Crippen LogP contribution in [0.3, 0.4) is 0 Å². The van der Waals surface area contributed by atoms with Crippen LogP contribution in [0.2, 0.25) is 0 Å². The summed E-state index contributed by atoms with van der Waals surface area (Å²) >= 11 is 0. The van der Waals surface area contributed by atoms with Gasteiger partial charge in [-0.25, -0.2) is 0 Å². The zero-order valence-electron chi connectivity index (χ0n) is 13.5. The molecule has 2 aliphatic rings. The van der Waals surface area contributed by atoms with Gasteiger partial charge in [0, 0.05) is 19.5 Å². The molecule has 1 saturated carbocycles. The van der Waals surface area contributed by atoms with Crippen LogP contribution < -0.4 is 5.32 Å². The number of hydrogen-bond donors (Lipinski definition) is 1. The lowest BCUT2D eigenvalue weighted by molar-refractivity contribution is -0.137. The molecule has 134 valence electrons. The van der Waals surface area contributed by atoms with Gasteiger partial charge in [0.05, 0.1) is 5.56 Å². The molecule has 1 aromatic carbocycles. The van der Waals surface area contributed by atoms with Gasteiger partial charge in [-0.15, -0.1) is 12.4 Å². The van der Waals surface area contributed by atoms with E-state index >= 15 is 0 Å². The van der Waals surface area contributed by atoms with Crippen molar-refractivity contribution >= 4 is 18.3 Å². The van der Waals surface area contributed by atoms with Gasteiger partial charge in [-0.3, -0.25) is 4.79 Å². The van der Waals surface area contributed by atoms with Crippen molar-refractivity contribution in [2.45, 2.75) is 32.0 Å². The Hall–Kier alpha value is -1.27. The summed E-state index contributed by atoms with van der Waals surface area (Å²) in [5.74, 6) is 0.102. The van der Waals surface area contributed by atoms with Crippen molar-refractivity contribution in [3.8, 4) is 0 Å². The van der Waals surface area contributed by atoms with E-state index in [1.165, 1.54) is 6.07 Å². The Balaban J connectivity index is 0.00000208. The predicted molar refractivity (Wildman–Crippen MR) is 87.8 cm³/mol. The van der Waals surface area contributed by atoms with Crippen LogP contribution in [0.4, 0.5) is 13.2 Å². The monoisotopic (exact) mass is 362 g/mol. The van der Waals surface area contributed by atoms with Gasteiger partial charge in [-0.1, -0.05) is 12.1 Å². The van der Waals surface area contributed by atoms with E-state index in [2.05, 4.69) is 5.32 Å². The summed E-state index contributed by atoms with van der Waals surface area (Å²) in [6, 6.07) is 5.20. The fourth-order valence-corrected chi connectivity index (χ4v) is 3.64. The van der Waals surface area contributed by atoms with Crippen LogP contribution in [0.15, 0.2) is 24.3 Å². The van der Waals surface area contributed by atoms with Crippen LogP contribution in [0, 0.1) is 11.3 Å². The van der Waals surface area contributed by atoms with E-state index in [0.29, 0.717) is 5.56 Å². The van der Waals surface area contributed by atoms with Crippen molar-refractivity contribution in [3.63, 3.8) is 0 Å². The van der Waals surface area contributed by atoms with Crippen molar-refractivity contribution in [3.05, 3.63) is 35.4 Å². The van der Waals surface area contributed by atoms with Crippen molar-refractivity contribution in [2.75, 3.05) is 20.1 Å². The van der Waals surface area contributed by atoms with Crippen molar-refractivity contribution < 1.29 is 18.0 Å². The number of rotatable bonds is 3. The molecular weight excluding hydrogens is 341 g/mol. The summed E-state index contributed by atoms with van der Waals surface area (Å²) in [5, 5.41) is 3.30. The lowest BCUT2D eigenvalue weighted by Gasteiger charge is -2.25. The van der Waals surface area contributed by atoms with Crippen LogP contribution in [0.5, 0.6) is 0 Å². The smallest absolute Gasteiger partial charge is 0.341 e. The van der Waals surface area contributed by atoms with E-state index in [-0.39, 0.29) is 36.2 Å². The fourth-order valence-electron chi connectivity index (χ4n) is 3.64. The zero-order chi connectivity index (χ0) is 16.7. The minimum atomic E-state index is -4.35. The average Bonchev–Trinajstić information content (AvgIpc) is 3.19. The molecule has 0 bridgehead atoms. The number of carbonyl (C=O) groups excluding carboxylic acids is 1. The first kappa shape index (κ1) is 19.1. The maximum atomic E-state index is 12.8. The molecule has 3 rings (SSSR count). The van der Waals surface area contributed by atoms with Crippen molar-refractivity contribution in [1.29, 1.82) is 0 Å². The summed E-state index contributed by atoms with van der Waals surface area (Å²) in [6.07, 6.45) is -1.41. The first-order valence-corrected chi connectivity index (χ1v) is 7.94. The molecule has 0 radical (unpaired) electrons. The summed E-state index contributed by atoms with van der Waals surface area (Å²) in [4.78, 5) is 14.1. The van der Waals surface area contributed by atoms with Crippen molar-refractivity contribution in [2.24, 2.45) is 11.3 Å². The number of carbonyl (C=O) groups is 1. The Morgan fingerprint density at radius 1 is 1.33 bits per heavy atom. The molecule has 1 aromatic rings. The minimum Gasteiger partial charge on any atom is -0.341 e. The van der Waals surface area contributed by atoms with E-state index < -0.39 is 11.7 Å². The van der Waals surface area contributed by atoms with E-state index in [0.717, 1.165) is 44.5 Å². The molecule has 1 heterocycles. The van der Waals surface area contributed by atoms with Crippen LogP contribution in [0.25, 0.3) is 0 Å². The van der Waals surface area contributed by atoms with Crippen LogP contribution in [0.1, 0.15) is 30.4 Å². The first-order chi connectivity index (χ1) is 10.8. The second-order valence-corrected chi connectivity index (χ2v) is 6.76. The van der Waals surface area contributed by atoms with Gasteiger partial charge in [0.1, 0.15) is 0 Å². The normalized spacial score (nSPS) is 21.9. The molecule has 2 fully saturated rings. The third-order valence-electron chi connectivity index (χ3n) is 5.14. The maximum absolute atomic E-state index is 12.8. The summed E-state index contributed by atoms with van der Waals surface area (Å²) < 4.78 is 38.3. The molecule has 1 N–H and O–H groups in total. The molecule has 1 amide bonds. The second-order valence-electron chi connectivity index (χ2n) is 6.76. The standard InChI is InChI=1S/C17H21F3N2O.ClH/c1-22(11-12-3-2-4-13(9-12)17(18,19)20)15(23)14-10-16(14)5-7-21-8-6-16;/h2-4,9,14,21H,5-8,10-11H2,1H3;1H. The Morgan fingerprint density at radius 3 is 2.62 bits per heavy atom. The third-order valence-corrected chi connectivity index (χ3v) is 5.14. The van der Waals surface area contributed by atoms with Gasteiger partial charge in [0.25, 0.3) is 0 Å². The average molecular weight is 363 g/mol. The Morgan fingerprint density at radius 2 is 2.00 bits per heavy atom. The third kappa shape index (κ3) is 3.86. The Labute approximate surface area is 146 Å². The number of nitrogens with one attached hydrogen (secondary N) is 1. The predicted octanol–water partition coefficient (Wildman–Crippen LogP) is 3.48. The van der Waals surface area contributed by atoms with E-state index in [1.807, 2.05) is 0 Å². The lowest BCUT2D eigenvalue weighted by Crippen LogP contribution is -2.34. The van der Waals surface area contributed by atoms with Crippen LogP contribution >= 0.6 is 12.4 Å². The molecule has 0 aromatic heterocycles. The Kier molecular flexibility index (Phi) is 5.50. The second kappa shape index (κ2) is 6.92. The highest BCUT2D eigenvalue weighted by Gasteiger charge is 2.58. The summed E-state index contributed by atoms with van der Waals surface area (Å²) in [7, 11) is 1.68. The molecule has 1 spiro atoms. The molecule has 1 saturated heterocycles. The highest BCUT2D eigenvalue weighted by molar-refractivity contribution is 5.85. The minimum absolute atomic E-state index is 0. The maximum Gasteiger partial charge on any atom is 0.416 e. The van der Waals surface area contributed by atoms with Crippen LogP contribution in [-0.2, 0) is 17.5 Å². The van der Waals surface area contributed by atoms with Gasteiger partial charge < -0.3 is 10.2 Å². The first-order valence-electron chi connectivity index (χ1n) is 7.94. The van der Waals surface area contributed by atoms with Gasteiger partial charge in [0.2, 0.25) is 5.91 Å². The fraction of sp³-hybridized carbons (Fsp3) is 0.588. The number of nitrogens with zero attached hydrogens (tertiary/aromatic N) is 1. The molecule has 7 heteroatoms. The number of benzene rings is 1. The Bertz CT molecular complexity index is 600. The molecule has 1 atom stereocenters. The SMILES string of the molecule is CN(Cc1cccc(C(F)(F)F)c1)C(=O)C1CC12CCNCC2.Cl. The van der Waals surface area contributed by atoms with Gasteiger partial charge in [-0.05, 0) is 55.5 Å². The molecule has 1 unspecified atom stereocenters. The molecule has 1 aliphatic carbocycles. The van der Waals surface area contributed by atoms with E-state index in [1.54, 1.807) is 18.0 Å². The zero-order valence-corrected chi connectivity index (χ0v) is 14.3. The van der Waals surface area contributed by atoms with Crippen LogP contribution in [-0.4, -0.2) is 30.9 Å². The topological polar surface area (TPSA) is 32.3 Å². The number of hydrogen-bond acceptors (Lipinski definition) is 2. The summed E-state index contributed by atoms with van der Waals surface area (Å²) in [6.45, 7) is 2.11. The summed E-state index contributed by atoms with van der Waals surface area (Å²) in [5.41, 5.74) is -0.0162. The number of amides is 1. The largest absolute Gasteiger partial charge is 0.416 e. The highest BCUT2D eigenvalue weighted by atomic mass is 35.5. The van der Waals surface area contributed by atoms with Gasteiger partial charge in [0.15, 0.2) is 0 Å². The molecular formula is C17H22ClF3N2O. The quantitative estimate of drug-likeness (QED) is 0.893.